The van der Waals surface area contributed by atoms with Crippen LogP contribution in [-0.4, -0.2) is 35.4 Å². The second kappa shape index (κ2) is 4.19. The smallest absolute Gasteiger partial charge is 0.433 e. The zero-order valence-electron chi connectivity index (χ0n) is 9.61. The summed E-state index contributed by atoms with van der Waals surface area (Å²) in [4.78, 5) is 10.4. The summed E-state index contributed by atoms with van der Waals surface area (Å²) in [6.45, 7) is -0.973. The van der Waals surface area contributed by atoms with Crippen molar-refractivity contribution in [2.24, 2.45) is 11.8 Å². The first-order valence-electron chi connectivity index (χ1n) is 5.32. The quantitative estimate of drug-likeness (QED) is 0.417. The van der Waals surface area contributed by atoms with E-state index in [4.69, 9.17) is 10.5 Å². The van der Waals surface area contributed by atoms with Crippen LogP contribution in [0.1, 0.15) is 0 Å². The van der Waals surface area contributed by atoms with E-state index in [1.165, 1.54) is 0 Å². The molecule has 0 heterocycles. The van der Waals surface area contributed by atoms with Crippen molar-refractivity contribution in [3.8, 4) is 11.8 Å². The zero-order chi connectivity index (χ0) is 15.3. The van der Waals surface area contributed by atoms with E-state index in [0.717, 1.165) is 0 Å². The summed E-state index contributed by atoms with van der Waals surface area (Å²) in [7, 11) is 0. The number of halogens is 5. The highest BCUT2D eigenvalue weighted by Gasteiger charge is 2.61. The number of rotatable bonds is 4. The van der Waals surface area contributed by atoms with Crippen molar-refractivity contribution in [1.82, 2.24) is 5.32 Å². The van der Waals surface area contributed by atoms with Gasteiger partial charge in [0.1, 0.15) is 18.2 Å². The van der Waals surface area contributed by atoms with Gasteiger partial charge in [0.05, 0.1) is 11.6 Å². The molecule has 0 unspecified atom stereocenters. The third-order valence-electron chi connectivity index (χ3n) is 3.00. The van der Waals surface area contributed by atoms with Crippen LogP contribution in [-0.2, 0) is 4.79 Å². The van der Waals surface area contributed by atoms with Crippen LogP contribution in [0.4, 0.5) is 22.0 Å². The molecule has 0 spiro atoms. The number of allylic oxidation sites excluding steroid dienone is 2. The highest BCUT2D eigenvalue weighted by Crippen LogP contribution is 2.51. The molecule has 0 aromatic heterocycles. The number of fused-ring (bicyclic) bond motifs is 1. The summed E-state index contributed by atoms with van der Waals surface area (Å²) in [5, 5.41) is 17.2. The number of carbonyl (C=O) groups is 1. The lowest BCUT2D eigenvalue weighted by atomic mass is 9.82. The number of aliphatic carboxylic acids is 1. The van der Waals surface area contributed by atoms with Gasteiger partial charge in [-0.15, -0.1) is 0 Å². The predicted octanol–water partition coefficient (Wildman–Crippen LogP) is 1.40. The second-order valence-electron chi connectivity index (χ2n) is 4.28. The minimum Gasteiger partial charge on any atom is -0.480 e. The van der Waals surface area contributed by atoms with Crippen LogP contribution in [0, 0.1) is 29.1 Å². The molecule has 2 rings (SSSR count). The Morgan fingerprint density at radius 2 is 2.00 bits per heavy atom. The molecule has 0 radical (unpaired) electrons. The number of hydrogen-bond donors (Lipinski definition) is 3. The van der Waals surface area contributed by atoms with Crippen LogP contribution in [0.25, 0.3) is 0 Å². The van der Waals surface area contributed by atoms with Crippen molar-refractivity contribution in [1.29, 1.82) is 5.41 Å². The Morgan fingerprint density at radius 3 is 2.40 bits per heavy atom. The standard InChI is InChI=1S/C11H7F5N2O2/c12-10(13)5-2-1-4(5)7(8(17)11(14,15)16)9(10)18-3-6(19)20/h4-5,17-18H,3H2,(H,19,20)/t4-,5+/m0/s1. The molecule has 0 aromatic carbocycles. The molecule has 20 heavy (non-hydrogen) atoms. The van der Waals surface area contributed by atoms with Gasteiger partial charge in [0.15, 0.2) is 0 Å². The largest absolute Gasteiger partial charge is 0.480 e. The van der Waals surface area contributed by atoms with E-state index in [-0.39, 0.29) is 0 Å². The van der Waals surface area contributed by atoms with Crippen molar-refractivity contribution in [2.45, 2.75) is 12.1 Å². The van der Waals surface area contributed by atoms with Gasteiger partial charge < -0.3 is 10.4 Å². The Hall–Kier alpha value is -2.11. The van der Waals surface area contributed by atoms with Crippen molar-refractivity contribution >= 4 is 11.7 Å². The van der Waals surface area contributed by atoms with Crippen LogP contribution >= 0.6 is 0 Å². The van der Waals surface area contributed by atoms with E-state index in [1.54, 1.807) is 5.32 Å². The number of carboxylic acid groups (broad SMARTS) is 1. The third kappa shape index (κ3) is 2.01. The molecule has 0 aliphatic heterocycles. The molecule has 0 saturated carbocycles. The lowest BCUT2D eigenvalue weighted by Crippen LogP contribution is -2.37. The fraction of sp³-hybridized carbons (Fsp3) is 0.455. The molecule has 0 aromatic rings. The molecule has 0 bridgehead atoms. The maximum Gasteiger partial charge on any atom is 0.433 e. The first-order chi connectivity index (χ1) is 9.06. The van der Waals surface area contributed by atoms with Gasteiger partial charge in [-0.05, 0) is 0 Å². The first kappa shape index (κ1) is 14.3. The Morgan fingerprint density at radius 1 is 1.40 bits per heavy atom. The predicted molar refractivity (Wildman–Crippen MR) is 56.1 cm³/mol. The molecule has 2 atom stereocenters. The lowest BCUT2D eigenvalue weighted by Gasteiger charge is -2.24. The molecule has 9 heteroatoms. The average molecular weight is 294 g/mol. The fourth-order valence-electron chi connectivity index (χ4n) is 2.09. The Balaban J connectivity index is 2.44. The van der Waals surface area contributed by atoms with Crippen LogP contribution in [0.5, 0.6) is 0 Å². The molecular weight excluding hydrogens is 287 g/mol. The van der Waals surface area contributed by atoms with Crippen molar-refractivity contribution in [2.75, 3.05) is 6.54 Å². The van der Waals surface area contributed by atoms with Crippen LogP contribution in [0.3, 0.4) is 0 Å². The summed E-state index contributed by atoms with van der Waals surface area (Å²) in [6, 6.07) is 0. The van der Waals surface area contributed by atoms with Gasteiger partial charge in [0.2, 0.25) is 0 Å². The van der Waals surface area contributed by atoms with E-state index in [0.29, 0.717) is 0 Å². The van der Waals surface area contributed by atoms with Crippen molar-refractivity contribution < 1.29 is 31.9 Å². The summed E-state index contributed by atoms with van der Waals surface area (Å²) in [5.41, 5.74) is -4.08. The van der Waals surface area contributed by atoms with E-state index in [1.807, 2.05) is 0 Å². The maximum absolute atomic E-state index is 13.9. The normalized spacial score (nSPS) is 26.2. The van der Waals surface area contributed by atoms with Gasteiger partial charge in [-0.2, -0.15) is 22.0 Å². The Bertz CT molecular complexity index is 582. The molecule has 2 aliphatic rings. The fourth-order valence-corrected chi connectivity index (χ4v) is 2.09. The van der Waals surface area contributed by atoms with Gasteiger partial charge in [-0.3, -0.25) is 10.2 Å². The number of nitrogens with one attached hydrogen (secondary N) is 2. The molecule has 0 fully saturated rings. The number of carboxylic acids is 1. The monoisotopic (exact) mass is 294 g/mol. The average Bonchev–Trinajstić information content (AvgIpc) is 2.35. The lowest BCUT2D eigenvalue weighted by molar-refractivity contribution is -0.135. The van der Waals surface area contributed by atoms with Gasteiger partial charge in [0.25, 0.3) is 0 Å². The SMILES string of the molecule is N=C(C1=C(NCC(=O)O)C(F)(F)[C@@H]2C#C[C@H]12)C(F)(F)F. The van der Waals surface area contributed by atoms with Gasteiger partial charge in [-0.25, -0.2) is 0 Å². The number of alkyl halides is 5. The Labute approximate surface area is 109 Å². The summed E-state index contributed by atoms with van der Waals surface area (Å²) >= 11 is 0. The molecule has 0 saturated heterocycles. The van der Waals surface area contributed by atoms with E-state index in [9.17, 15) is 26.7 Å². The third-order valence-corrected chi connectivity index (χ3v) is 3.00. The van der Waals surface area contributed by atoms with Gasteiger partial charge in [0, 0.05) is 5.57 Å². The van der Waals surface area contributed by atoms with Gasteiger partial charge in [-0.1, -0.05) is 11.8 Å². The van der Waals surface area contributed by atoms with E-state index in [2.05, 4.69) is 11.8 Å². The molecule has 108 valence electrons. The molecule has 3 N–H and O–H groups in total. The van der Waals surface area contributed by atoms with E-state index >= 15 is 0 Å². The minimum absolute atomic E-state index is 0.965. The number of hydrogen-bond acceptors (Lipinski definition) is 3. The van der Waals surface area contributed by atoms with Crippen LogP contribution in [0.2, 0.25) is 0 Å². The second-order valence-corrected chi connectivity index (χ2v) is 4.28. The van der Waals surface area contributed by atoms with E-state index < -0.39 is 53.4 Å². The summed E-state index contributed by atoms with van der Waals surface area (Å²) in [6.07, 6.45) is -5.10. The maximum atomic E-state index is 13.9. The van der Waals surface area contributed by atoms with Crippen molar-refractivity contribution in [3.05, 3.63) is 11.3 Å². The topological polar surface area (TPSA) is 73.2 Å². The molecule has 2 aliphatic carbocycles. The van der Waals surface area contributed by atoms with Gasteiger partial charge >= 0.3 is 18.1 Å². The Kier molecular flexibility index (Phi) is 3.00. The first-order valence-corrected chi connectivity index (χ1v) is 5.32. The highest BCUT2D eigenvalue weighted by molar-refractivity contribution is 6.04. The minimum atomic E-state index is -5.10. The summed E-state index contributed by atoms with van der Waals surface area (Å²) < 4.78 is 65.4. The van der Waals surface area contributed by atoms with Crippen LogP contribution < -0.4 is 5.32 Å². The van der Waals surface area contributed by atoms with Crippen molar-refractivity contribution in [3.63, 3.8) is 0 Å². The highest BCUT2D eigenvalue weighted by atomic mass is 19.4. The van der Waals surface area contributed by atoms with Crippen LogP contribution in [0.15, 0.2) is 11.3 Å². The molecule has 0 amide bonds. The molecule has 4 nitrogen and oxygen atoms in total. The zero-order valence-corrected chi connectivity index (χ0v) is 9.61. The summed E-state index contributed by atoms with van der Waals surface area (Å²) in [5.74, 6) is -4.04. The molecular formula is C11H7F5N2O2.